The van der Waals surface area contributed by atoms with Gasteiger partial charge in [0.15, 0.2) is 0 Å². The van der Waals surface area contributed by atoms with E-state index >= 15 is 0 Å². The first-order chi connectivity index (χ1) is 8.06. The number of hydrogen-bond acceptors (Lipinski definition) is 4. The first-order valence-electron chi connectivity index (χ1n) is 6.21. The predicted octanol–water partition coefficient (Wildman–Crippen LogP) is 0.492. The Morgan fingerprint density at radius 1 is 1.35 bits per heavy atom. The summed E-state index contributed by atoms with van der Waals surface area (Å²) in [5, 5.41) is 0. The van der Waals surface area contributed by atoms with E-state index in [-0.39, 0.29) is 24.5 Å². The van der Waals surface area contributed by atoms with E-state index in [1.807, 2.05) is 11.8 Å². The average Bonchev–Trinajstić information content (AvgIpc) is 2.80. The van der Waals surface area contributed by atoms with E-state index in [4.69, 9.17) is 4.74 Å². The SMILES string of the molecule is CCOC(=O)CN(C)C(C)C(=O)N1CCCC1. The van der Waals surface area contributed by atoms with Crippen molar-refractivity contribution >= 4 is 11.9 Å². The molecule has 5 heteroatoms. The first-order valence-corrected chi connectivity index (χ1v) is 6.21. The molecule has 0 saturated carbocycles. The summed E-state index contributed by atoms with van der Waals surface area (Å²) < 4.78 is 4.86. The van der Waals surface area contributed by atoms with Gasteiger partial charge in [0, 0.05) is 13.1 Å². The Labute approximate surface area is 103 Å². The van der Waals surface area contributed by atoms with E-state index in [0.29, 0.717) is 6.61 Å². The number of hydrogen-bond donors (Lipinski definition) is 0. The van der Waals surface area contributed by atoms with Gasteiger partial charge < -0.3 is 9.64 Å². The minimum absolute atomic E-state index is 0.106. The summed E-state index contributed by atoms with van der Waals surface area (Å²) in [6.45, 7) is 5.83. The third-order valence-electron chi connectivity index (χ3n) is 3.12. The molecule has 1 unspecified atom stereocenters. The van der Waals surface area contributed by atoms with Crippen molar-refractivity contribution in [3.63, 3.8) is 0 Å². The molecule has 1 aliphatic rings. The summed E-state index contributed by atoms with van der Waals surface area (Å²) in [5.74, 6) is -0.176. The van der Waals surface area contributed by atoms with Gasteiger partial charge in [-0.3, -0.25) is 14.5 Å². The van der Waals surface area contributed by atoms with Crippen LogP contribution in [-0.4, -0.2) is 61.0 Å². The van der Waals surface area contributed by atoms with Crippen molar-refractivity contribution in [1.29, 1.82) is 0 Å². The number of carbonyl (C=O) groups excluding carboxylic acids is 2. The molecule has 0 radical (unpaired) electrons. The van der Waals surface area contributed by atoms with Crippen LogP contribution in [0.4, 0.5) is 0 Å². The lowest BCUT2D eigenvalue weighted by Gasteiger charge is -2.27. The van der Waals surface area contributed by atoms with Crippen LogP contribution in [0.1, 0.15) is 26.7 Å². The van der Waals surface area contributed by atoms with Gasteiger partial charge in [-0.2, -0.15) is 0 Å². The van der Waals surface area contributed by atoms with E-state index in [0.717, 1.165) is 25.9 Å². The molecule has 1 aliphatic heterocycles. The molecule has 0 spiro atoms. The highest BCUT2D eigenvalue weighted by molar-refractivity contribution is 5.82. The van der Waals surface area contributed by atoms with E-state index in [9.17, 15) is 9.59 Å². The fourth-order valence-corrected chi connectivity index (χ4v) is 1.94. The van der Waals surface area contributed by atoms with Crippen LogP contribution in [0.15, 0.2) is 0 Å². The van der Waals surface area contributed by atoms with Gasteiger partial charge in [0.05, 0.1) is 19.2 Å². The second-order valence-electron chi connectivity index (χ2n) is 4.43. The molecule has 1 amide bonds. The molecule has 1 fully saturated rings. The van der Waals surface area contributed by atoms with Gasteiger partial charge in [-0.1, -0.05) is 0 Å². The lowest BCUT2D eigenvalue weighted by atomic mass is 10.2. The Hall–Kier alpha value is -1.10. The second kappa shape index (κ2) is 6.59. The molecule has 1 heterocycles. The van der Waals surface area contributed by atoms with E-state index < -0.39 is 0 Å². The van der Waals surface area contributed by atoms with Crippen molar-refractivity contribution in [3.05, 3.63) is 0 Å². The van der Waals surface area contributed by atoms with Crippen LogP contribution in [0, 0.1) is 0 Å². The highest BCUT2D eigenvalue weighted by Crippen LogP contribution is 2.11. The number of likely N-dealkylation sites (tertiary alicyclic amines) is 1. The molecule has 5 nitrogen and oxygen atoms in total. The lowest BCUT2D eigenvalue weighted by molar-refractivity contribution is -0.146. The molecule has 0 N–H and O–H groups in total. The van der Waals surface area contributed by atoms with Crippen LogP contribution >= 0.6 is 0 Å². The Balaban J connectivity index is 2.41. The molecular weight excluding hydrogens is 220 g/mol. The van der Waals surface area contributed by atoms with Crippen molar-refractivity contribution in [2.24, 2.45) is 0 Å². The maximum Gasteiger partial charge on any atom is 0.320 e. The highest BCUT2D eigenvalue weighted by Gasteiger charge is 2.26. The van der Waals surface area contributed by atoms with E-state index in [1.165, 1.54) is 0 Å². The summed E-state index contributed by atoms with van der Waals surface area (Å²) >= 11 is 0. The molecule has 0 aromatic carbocycles. The third-order valence-corrected chi connectivity index (χ3v) is 3.12. The number of likely N-dealkylation sites (N-methyl/N-ethyl adjacent to an activating group) is 1. The normalized spacial score (nSPS) is 17.3. The van der Waals surface area contributed by atoms with Crippen LogP contribution in [0.2, 0.25) is 0 Å². The van der Waals surface area contributed by atoms with Crippen LogP contribution in [0.25, 0.3) is 0 Å². The van der Waals surface area contributed by atoms with Gasteiger partial charge in [0.1, 0.15) is 0 Å². The number of carbonyl (C=O) groups is 2. The number of nitrogens with zero attached hydrogens (tertiary/aromatic N) is 2. The summed E-state index contributed by atoms with van der Waals surface area (Å²) in [4.78, 5) is 27.0. The summed E-state index contributed by atoms with van der Waals surface area (Å²) in [6, 6.07) is -0.266. The van der Waals surface area contributed by atoms with Crippen molar-refractivity contribution in [3.8, 4) is 0 Å². The largest absolute Gasteiger partial charge is 0.465 e. The lowest BCUT2D eigenvalue weighted by Crippen LogP contribution is -2.46. The Bertz CT molecular complexity index is 275. The Morgan fingerprint density at radius 3 is 2.47 bits per heavy atom. The zero-order valence-corrected chi connectivity index (χ0v) is 10.9. The maximum absolute atomic E-state index is 12.1. The Kier molecular flexibility index (Phi) is 5.41. The fraction of sp³-hybridized carbons (Fsp3) is 0.833. The monoisotopic (exact) mass is 242 g/mol. The smallest absolute Gasteiger partial charge is 0.320 e. The quantitative estimate of drug-likeness (QED) is 0.658. The summed E-state index contributed by atoms with van der Waals surface area (Å²) in [5.41, 5.74) is 0. The molecule has 0 bridgehead atoms. The number of esters is 1. The molecule has 0 aromatic rings. The minimum Gasteiger partial charge on any atom is -0.465 e. The molecule has 1 atom stereocenters. The van der Waals surface area contributed by atoms with Gasteiger partial charge in [-0.25, -0.2) is 0 Å². The van der Waals surface area contributed by atoms with Crippen molar-refractivity contribution in [2.45, 2.75) is 32.7 Å². The van der Waals surface area contributed by atoms with E-state index in [2.05, 4.69) is 0 Å². The molecular formula is C12H22N2O3. The highest BCUT2D eigenvalue weighted by atomic mass is 16.5. The van der Waals surface area contributed by atoms with Gasteiger partial charge in [0.25, 0.3) is 0 Å². The summed E-state index contributed by atoms with van der Waals surface area (Å²) in [7, 11) is 1.77. The first kappa shape index (κ1) is 14.0. The van der Waals surface area contributed by atoms with E-state index in [1.54, 1.807) is 18.9 Å². The molecule has 1 saturated heterocycles. The predicted molar refractivity (Wildman–Crippen MR) is 64.5 cm³/mol. The zero-order valence-electron chi connectivity index (χ0n) is 10.9. The Morgan fingerprint density at radius 2 is 1.94 bits per heavy atom. The second-order valence-corrected chi connectivity index (χ2v) is 4.43. The third kappa shape index (κ3) is 4.00. The standard InChI is InChI=1S/C12H22N2O3/c1-4-17-11(15)9-13(3)10(2)12(16)14-7-5-6-8-14/h10H,4-9H2,1-3H3. The van der Waals surface area contributed by atoms with Crippen LogP contribution < -0.4 is 0 Å². The van der Waals surface area contributed by atoms with Gasteiger partial charge >= 0.3 is 5.97 Å². The average molecular weight is 242 g/mol. The van der Waals surface area contributed by atoms with Crippen LogP contribution in [0.3, 0.4) is 0 Å². The minimum atomic E-state index is -0.281. The van der Waals surface area contributed by atoms with Crippen LogP contribution in [-0.2, 0) is 14.3 Å². The molecule has 17 heavy (non-hydrogen) atoms. The number of rotatable bonds is 5. The number of amides is 1. The van der Waals surface area contributed by atoms with Crippen molar-refractivity contribution in [2.75, 3.05) is 33.3 Å². The summed E-state index contributed by atoms with van der Waals surface area (Å²) in [6.07, 6.45) is 2.17. The molecule has 1 rings (SSSR count). The fourth-order valence-electron chi connectivity index (χ4n) is 1.94. The number of ether oxygens (including phenoxy) is 1. The molecule has 98 valence electrons. The molecule has 0 aliphatic carbocycles. The molecule has 0 aromatic heterocycles. The topological polar surface area (TPSA) is 49.9 Å². The zero-order chi connectivity index (χ0) is 12.8. The maximum atomic E-state index is 12.1. The van der Waals surface area contributed by atoms with Crippen molar-refractivity contribution < 1.29 is 14.3 Å². The van der Waals surface area contributed by atoms with Gasteiger partial charge in [-0.15, -0.1) is 0 Å². The van der Waals surface area contributed by atoms with Gasteiger partial charge in [0.2, 0.25) is 5.91 Å². The van der Waals surface area contributed by atoms with Crippen LogP contribution in [0.5, 0.6) is 0 Å². The van der Waals surface area contributed by atoms with Crippen molar-refractivity contribution in [1.82, 2.24) is 9.80 Å². The van der Waals surface area contributed by atoms with Gasteiger partial charge in [-0.05, 0) is 33.7 Å².